The van der Waals surface area contributed by atoms with E-state index in [9.17, 15) is 14.9 Å². The number of hydrogen-bond donors (Lipinski definition) is 2. The molecule has 0 aliphatic carbocycles. The number of morpholine rings is 1. The summed E-state index contributed by atoms with van der Waals surface area (Å²) >= 11 is 0. The van der Waals surface area contributed by atoms with Crippen LogP contribution in [0.2, 0.25) is 0 Å². The van der Waals surface area contributed by atoms with E-state index in [4.69, 9.17) is 4.74 Å². The Kier molecular flexibility index (Phi) is 9.78. The summed E-state index contributed by atoms with van der Waals surface area (Å²) < 4.78 is 5.33. The zero-order valence-electron chi connectivity index (χ0n) is 20.7. The second kappa shape index (κ2) is 11.9. The third kappa shape index (κ3) is 7.63. The zero-order valence-corrected chi connectivity index (χ0v) is 20.7. The van der Waals surface area contributed by atoms with Crippen molar-refractivity contribution in [2.75, 3.05) is 39.4 Å². The first kappa shape index (κ1) is 26.4. The van der Waals surface area contributed by atoms with E-state index in [0.29, 0.717) is 45.6 Å². The van der Waals surface area contributed by atoms with E-state index in [-0.39, 0.29) is 23.4 Å². The summed E-state index contributed by atoms with van der Waals surface area (Å²) in [6.45, 7) is 14.4. The molecule has 2 aliphatic heterocycles. The third-order valence-corrected chi connectivity index (χ3v) is 6.36. The summed E-state index contributed by atoms with van der Waals surface area (Å²) in [5, 5.41) is 16.1. The lowest BCUT2D eigenvalue weighted by atomic mass is 9.81. The minimum absolute atomic E-state index is 0.157. The predicted molar refractivity (Wildman–Crippen MR) is 125 cm³/mol. The van der Waals surface area contributed by atoms with Crippen LogP contribution in [0.25, 0.3) is 0 Å². The molecule has 0 aromatic heterocycles. The molecule has 2 saturated heterocycles. The van der Waals surface area contributed by atoms with Crippen LogP contribution in [0.5, 0.6) is 0 Å². The van der Waals surface area contributed by atoms with Crippen molar-refractivity contribution in [2.24, 2.45) is 5.41 Å². The first-order valence-corrected chi connectivity index (χ1v) is 12.2. The lowest BCUT2D eigenvalue weighted by molar-refractivity contribution is -0.125. The van der Waals surface area contributed by atoms with E-state index in [1.165, 1.54) is 0 Å². The molecule has 8 heteroatoms. The monoisotopic (exact) mass is 449 g/mol. The van der Waals surface area contributed by atoms with Crippen molar-refractivity contribution in [3.63, 3.8) is 0 Å². The molecule has 0 spiro atoms. The third-order valence-electron chi connectivity index (χ3n) is 6.36. The van der Waals surface area contributed by atoms with Gasteiger partial charge >= 0.3 is 6.03 Å². The van der Waals surface area contributed by atoms with E-state index < -0.39 is 11.6 Å². The predicted octanol–water partition coefficient (Wildman–Crippen LogP) is 2.89. The molecular formula is C24H43N5O3. The standard InChI is InChI=1S/C24H43N5O3/c1-6-8-19-16-24(18-25,9-11-28(19)10-7-2)27-21(30)20(17-23(3,4)5)26-22(31)29-12-14-32-15-13-29/h19-20H,6-17H2,1-5H3,(H,26,31)(H,27,30). The van der Waals surface area contributed by atoms with Gasteiger partial charge in [0.1, 0.15) is 11.6 Å². The highest BCUT2D eigenvalue weighted by Crippen LogP contribution is 2.30. The van der Waals surface area contributed by atoms with Gasteiger partial charge in [-0.15, -0.1) is 0 Å². The number of nitriles is 1. The topological polar surface area (TPSA) is 97.7 Å². The van der Waals surface area contributed by atoms with Gasteiger partial charge in [0.25, 0.3) is 0 Å². The highest BCUT2D eigenvalue weighted by Gasteiger charge is 2.42. The van der Waals surface area contributed by atoms with Gasteiger partial charge in [-0.3, -0.25) is 4.79 Å². The van der Waals surface area contributed by atoms with E-state index in [2.05, 4.69) is 56.2 Å². The highest BCUT2D eigenvalue weighted by atomic mass is 16.5. The lowest BCUT2D eigenvalue weighted by Gasteiger charge is -2.44. The van der Waals surface area contributed by atoms with Crippen LogP contribution < -0.4 is 10.6 Å². The molecule has 0 radical (unpaired) electrons. The normalized spacial score (nSPS) is 25.6. The number of piperidine rings is 1. The average Bonchev–Trinajstić information content (AvgIpc) is 2.75. The van der Waals surface area contributed by atoms with Gasteiger partial charge < -0.3 is 25.2 Å². The van der Waals surface area contributed by atoms with Crippen molar-refractivity contribution >= 4 is 11.9 Å². The quantitative estimate of drug-likeness (QED) is 0.594. The van der Waals surface area contributed by atoms with Crippen molar-refractivity contribution < 1.29 is 14.3 Å². The molecule has 2 heterocycles. The summed E-state index contributed by atoms with van der Waals surface area (Å²) in [7, 11) is 0. The Bertz CT molecular complexity index is 666. The van der Waals surface area contributed by atoms with E-state index in [1.807, 2.05) is 0 Å². The molecule has 182 valence electrons. The zero-order chi connectivity index (χ0) is 23.8. The number of urea groups is 1. The molecule has 3 unspecified atom stereocenters. The molecule has 0 aromatic carbocycles. The van der Waals surface area contributed by atoms with Crippen LogP contribution in [-0.4, -0.2) is 78.8 Å². The van der Waals surface area contributed by atoms with Crippen LogP contribution >= 0.6 is 0 Å². The number of rotatable bonds is 8. The molecule has 2 aliphatic rings. The highest BCUT2D eigenvalue weighted by molar-refractivity contribution is 5.88. The average molecular weight is 450 g/mol. The maximum atomic E-state index is 13.4. The number of amides is 3. The Morgan fingerprint density at radius 1 is 1.19 bits per heavy atom. The molecule has 8 nitrogen and oxygen atoms in total. The van der Waals surface area contributed by atoms with Gasteiger partial charge in [0, 0.05) is 25.7 Å². The minimum atomic E-state index is -0.888. The first-order valence-electron chi connectivity index (χ1n) is 12.2. The fourth-order valence-corrected chi connectivity index (χ4v) is 4.74. The van der Waals surface area contributed by atoms with Gasteiger partial charge in [-0.2, -0.15) is 5.26 Å². The van der Waals surface area contributed by atoms with E-state index in [0.717, 1.165) is 32.4 Å². The Hall–Kier alpha value is -1.85. The van der Waals surface area contributed by atoms with Gasteiger partial charge in [-0.1, -0.05) is 41.0 Å². The molecule has 3 amide bonds. The summed E-state index contributed by atoms with van der Waals surface area (Å²) in [5.41, 5.74) is -1.05. The molecule has 32 heavy (non-hydrogen) atoms. The second-order valence-corrected chi connectivity index (χ2v) is 10.5. The SMILES string of the molecule is CCCC1CC(C#N)(NC(=O)C(CC(C)(C)C)NC(=O)N2CCOCC2)CCN1CCC. The Balaban J connectivity index is 2.13. The van der Waals surface area contributed by atoms with Crippen molar-refractivity contribution in [1.82, 2.24) is 20.4 Å². The smallest absolute Gasteiger partial charge is 0.318 e. The second-order valence-electron chi connectivity index (χ2n) is 10.5. The number of carbonyl (C=O) groups is 2. The number of nitrogens with one attached hydrogen (secondary N) is 2. The minimum Gasteiger partial charge on any atom is -0.378 e. The number of nitrogens with zero attached hydrogens (tertiary/aromatic N) is 3. The molecule has 0 bridgehead atoms. The largest absolute Gasteiger partial charge is 0.378 e. The maximum absolute atomic E-state index is 13.4. The van der Waals surface area contributed by atoms with Crippen LogP contribution in [-0.2, 0) is 9.53 Å². The fourth-order valence-electron chi connectivity index (χ4n) is 4.74. The van der Waals surface area contributed by atoms with Crippen LogP contribution in [0.1, 0.15) is 73.1 Å². The van der Waals surface area contributed by atoms with Crippen LogP contribution in [0, 0.1) is 16.7 Å². The molecule has 0 saturated carbocycles. The van der Waals surface area contributed by atoms with E-state index in [1.54, 1.807) is 4.90 Å². The molecule has 2 N–H and O–H groups in total. The van der Waals surface area contributed by atoms with Gasteiger partial charge in [-0.25, -0.2) is 4.79 Å². The summed E-state index contributed by atoms with van der Waals surface area (Å²) in [5.74, 6) is -0.262. The number of ether oxygens (including phenoxy) is 1. The lowest BCUT2D eigenvalue weighted by Crippen LogP contribution is -2.62. The van der Waals surface area contributed by atoms with Gasteiger partial charge in [0.15, 0.2) is 0 Å². The molecule has 3 atom stereocenters. The first-order chi connectivity index (χ1) is 15.1. The Morgan fingerprint density at radius 2 is 1.88 bits per heavy atom. The Labute approximate surface area is 194 Å². The summed E-state index contributed by atoms with van der Waals surface area (Å²) in [6.07, 6.45) is 4.86. The van der Waals surface area contributed by atoms with E-state index >= 15 is 0 Å². The van der Waals surface area contributed by atoms with Crippen molar-refractivity contribution in [1.29, 1.82) is 5.26 Å². The van der Waals surface area contributed by atoms with Crippen LogP contribution in [0.15, 0.2) is 0 Å². The molecule has 2 rings (SSSR count). The number of likely N-dealkylation sites (tertiary alicyclic amines) is 1. The molecule has 2 fully saturated rings. The van der Waals surface area contributed by atoms with Gasteiger partial charge in [0.2, 0.25) is 5.91 Å². The summed E-state index contributed by atoms with van der Waals surface area (Å²) in [6, 6.07) is 1.79. The summed E-state index contributed by atoms with van der Waals surface area (Å²) in [4.78, 5) is 30.4. The number of carbonyl (C=O) groups excluding carboxylic acids is 2. The maximum Gasteiger partial charge on any atom is 0.318 e. The molecular weight excluding hydrogens is 406 g/mol. The van der Waals surface area contributed by atoms with Crippen molar-refractivity contribution in [3.05, 3.63) is 0 Å². The Morgan fingerprint density at radius 3 is 2.44 bits per heavy atom. The van der Waals surface area contributed by atoms with Gasteiger partial charge in [0.05, 0.1) is 19.3 Å². The van der Waals surface area contributed by atoms with Crippen LogP contribution in [0.4, 0.5) is 4.79 Å². The fraction of sp³-hybridized carbons (Fsp3) is 0.875. The van der Waals surface area contributed by atoms with Crippen molar-refractivity contribution in [2.45, 2.75) is 90.8 Å². The van der Waals surface area contributed by atoms with Crippen molar-refractivity contribution in [3.8, 4) is 6.07 Å². The molecule has 0 aromatic rings. The van der Waals surface area contributed by atoms with Gasteiger partial charge in [-0.05, 0) is 44.1 Å². The van der Waals surface area contributed by atoms with Crippen LogP contribution in [0.3, 0.4) is 0 Å². The number of hydrogen-bond acceptors (Lipinski definition) is 5.